The molecule has 0 fully saturated rings. The number of hydrogen-bond acceptors (Lipinski definition) is 4. The standard InChI is InChI=1S/C12H19N3O2/c1-8(2)11-13-6-5-10(14-11)15(4)7-9(3)12(16)17/h5-6,8-9H,7H2,1-4H3,(H,16,17). The monoisotopic (exact) mass is 237 g/mol. The Morgan fingerprint density at radius 2 is 2.12 bits per heavy atom. The molecule has 1 N–H and O–H groups in total. The van der Waals surface area contributed by atoms with E-state index in [1.54, 1.807) is 19.2 Å². The molecule has 0 saturated heterocycles. The van der Waals surface area contributed by atoms with Crippen LogP contribution in [0.3, 0.4) is 0 Å². The molecule has 94 valence electrons. The Kier molecular flexibility index (Phi) is 4.43. The van der Waals surface area contributed by atoms with Crippen molar-refractivity contribution in [2.45, 2.75) is 26.7 Å². The van der Waals surface area contributed by atoms with Crippen LogP contribution in [0.15, 0.2) is 12.3 Å². The molecule has 0 amide bonds. The van der Waals surface area contributed by atoms with Crippen LogP contribution in [0.2, 0.25) is 0 Å². The number of anilines is 1. The molecule has 0 radical (unpaired) electrons. The molecule has 5 nitrogen and oxygen atoms in total. The predicted molar refractivity (Wildman–Crippen MR) is 66.2 cm³/mol. The van der Waals surface area contributed by atoms with E-state index in [1.165, 1.54) is 0 Å². The zero-order valence-electron chi connectivity index (χ0n) is 10.7. The van der Waals surface area contributed by atoms with Crippen LogP contribution in [-0.2, 0) is 4.79 Å². The number of rotatable bonds is 5. The van der Waals surface area contributed by atoms with Gasteiger partial charge in [-0.25, -0.2) is 9.97 Å². The van der Waals surface area contributed by atoms with Gasteiger partial charge in [-0.1, -0.05) is 20.8 Å². The fourth-order valence-electron chi connectivity index (χ4n) is 1.44. The van der Waals surface area contributed by atoms with Crippen molar-refractivity contribution in [1.29, 1.82) is 0 Å². The Morgan fingerprint density at radius 3 is 2.65 bits per heavy atom. The minimum Gasteiger partial charge on any atom is -0.481 e. The van der Waals surface area contributed by atoms with Crippen molar-refractivity contribution in [1.82, 2.24) is 9.97 Å². The van der Waals surface area contributed by atoms with E-state index in [-0.39, 0.29) is 5.92 Å². The fourth-order valence-corrected chi connectivity index (χ4v) is 1.44. The fraction of sp³-hybridized carbons (Fsp3) is 0.583. The Balaban J connectivity index is 2.78. The second-order valence-corrected chi connectivity index (χ2v) is 4.55. The SMILES string of the molecule is CC(CN(C)c1ccnc(C(C)C)n1)C(=O)O. The van der Waals surface area contributed by atoms with Crippen molar-refractivity contribution in [3.8, 4) is 0 Å². The van der Waals surface area contributed by atoms with Gasteiger partial charge in [0, 0.05) is 25.7 Å². The van der Waals surface area contributed by atoms with E-state index >= 15 is 0 Å². The minimum absolute atomic E-state index is 0.264. The summed E-state index contributed by atoms with van der Waals surface area (Å²) in [5.41, 5.74) is 0. The molecule has 1 atom stereocenters. The van der Waals surface area contributed by atoms with Crippen molar-refractivity contribution in [3.63, 3.8) is 0 Å². The van der Waals surface area contributed by atoms with Crippen LogP contribution in [-0.4, -0.2) is 34.6 Å². The maximum Gasteiger partial charge on any atom is 0.308 e. The Bertz CT molecular complexity index is 393. The maximum atomic E-state index is 10.8. The van der Waals surface area contributed by atoms with Crippen molar-refractivity contribution in [3.05, 3.63) is 18.1 Å². The maximum absolute atomic E-state index is 10.8. The molecule has 0 aromatic carbocycles. The molecule has 1 unspecified atom stereocenters. The van der Waals surface area contributed by atoms with Crippen LogP contribution in [0, 0.1) is 5.92 Å². The Hall–Kier alpha value is -1.65. The third-order valence-electron chi connectivity index (χ3n) is 2.54. The molecule has 0 saturated carbocycles. The molecular formula is C12H19N3O2. The molecule has 0 aliphatic heterocycles. The van der Waals surface area contributed by atoms with Crippen molar-refractivity contribution in [2.24, 2.45) is 5.92 Å². The minimum atomic E-state index is -0.796. The molecule has 1 rings (SSSR count). The number of aliphatic carboxylic acids is 1. The second-order valence-electron chi connectivity index (χ2n) is 4.55. The van der Waals surface area contributed by atoms with Gasteiger partial charge < -0.3 is 10.0 Å². The van der Waals surface area contributed by atoms with E-state index in [0.29, 0.717) is 6.54 Å². The quantitative estimate of drug-likeness (QED) is 0.845. The highest BCUT2D eigenvalue weighted by Crippen LogP contribution is 2.14. The second kappa shape index (κ2) is 5.61. The average Bonchev–Trinajstić information content (AvgIpc) is 2.28. The molecule has 1 heterocycles. The Labute approximate surface area is 102 Å². The van der Waals surface area contributed by atoms with Crippen LogP contribution >= 0.6 is 0 Å². The summed E-state index contributed by atoms with van der Waals surface area (Å²) >= 11 is 0. The lowest BCUT2D eigenvalue weighted by atomic mass is 10.2. The predicted octanol–water partition coefficient (Wildman–Crippen LogP) is 1.76. The van der Waals surface area contributed by atoms with E-state index in [9.17, 15) is 4.79 Å². The van der Waals surface area contributed by atoms with Gasteiger partial charge in [0.25, 0.3) is 0 Å². The van der Waals surface area contributed by atoms with Crippen LogP contribution in [0.5, 0.6) is 0 Å². The lowest BCUT2D eigenvalue weighted by Gasteiger charge is -2.21. The van der Waals surface area contributed by atoms with Gasteiger partial charge in [0.1, 0.15) is 11.6 Å². The lowest BCUT2D eigenvalue weighted by Crippen LogP contribution is -2.29. The Morgan fingerprint density at radius 1 is 1.47 bits per heavy atom. The van der Waals surface area contributed by atoms with E-state index in [1.807, 2.05) is 25.8 Å². The molecular weight excluding hydrogens is 218 g/mol. The summed E-state index contributed by atoms with van der Waals surface area (Å²) in [5, 5.41) is 8.86. The number of carboxylic acids is 1. The van der Waals surface area contributed by atoms with Gasteiger partial charge in [-0.15, -0.1) is 0 Å². The molecule has 0 bridgehead atoms. The summed E-state index contributed by atoms with van der Waals surface area (Å²) < 4.78 is 0. The highest BCUT2D eigenvalue weighted by Gasteiger charge is 2.15. The van der Waals surface area contributed by atoms with Gasteiger partial charge in [0.15, 0.2) is 0 Å². The first-order valence-corrected chi connectivity index (χ1v) is 5.68. The molecule has 0 spiro atoms. The third kappa shape index (κ3) is 3.69. The summed E-state index contributed by atoms with van der Waals surface area (Å²) in [6.07, 6.45) is 1.71. The van der Waals surface area contributed by atoms with Crippen molar-refractivity contribution < 1.29 is 9.90 Å². The number of nitrogens with zero attached hydrogens (tertiary/aromatic N) is 3. The summed E-state index contributed by atoms with van der Waals surface area (Å²) in [5.74, 6) is 0.585. The summed E-state index contributed by atoms with van der Waals surface area (Å²) in [4.78, 5) is 21.2. The molecule has 1 aromatic rings. The molecule has 1 aromatic heterocycles. The van der Waals surface area contributed by atoms with Gasteiger partial charge in [0.2, 0.25) is 0 Å². The first kappa shape index (κ1) is 13.4. The molecule has 0 aliphatic carbocycles. The first-order valence-electron chi connectivity index (χ1n) is 5.68. The number of hydrogen-bond donors (Lipinski definition) is 1. The van der Waals surface area contributed by atoms with E-state index < -0.39 is 11.9 Å². The first-order chi connectivity index (χ1) is 7.91. The van der Waals surface area contributed by atoms with E-state index in [0.717, 1.165) is 11.6 Å². The van der Waals surface area contributed by atoms with E-state index in [2.05, 4.69) is 9.97 Å². The molecule has 17 heavy (non-hydrogen) atoms. The number of carboxylic acid groups (broad SMARTS) is 1. The highest BCUT2D eigenvalue weighted by atomic mass is 16.4. The molecule has 5 heteroatoms. The average molecular weight is 237 g/mol. The van der Waals surface area contributed by atoms with Crippen LogP contribution in [0.25, 0.3) is 0 Å². The summed E-state index contributed by atoms with van der Waals surface area (Å²) in [6, 6.07) is 1.79. The molecule has 0 aliphatic rings. The summed E-state index contributed by atoms with van der Waals surface area (Å²) in [7, 11) is 1.84. The largest absolute Gasteiger partial charge is 0.481 e. The van der Waals surface area contributed by atoms with Crippen LogP contribution < -0.4 is 4.90 Å². The smallest absolute Gasteiger partial charge is 0.308 e. The van der Waals surface area contributed by atoms with Gasteiger partial charge in [-0.2, -0.15) is 0 Å². The third-order valence-corrected chi connectivity index (χ3v) is 2.54. The zero-order chi connectivity index (χ0) is 13.0. The topological polar surface area (TPSA) is 66.3 Å². The van der Waals surface area contributed by atoms with Crippen molar-refractivity contribution >= 4 is 11.8 Å². The zero-order valence-corrected chi connectivity index (χ0v) is 10.7. The van der Waals surface area contributed by atoms with Crippen molar-refractivity contribution in [2.75, 3.05) is 18.5 Å². The van der Waals surface area contributed by atoms with Gasteiger partial charge >= 0.3 is 5.97 Å². The summed E-state index contributed by atoms with van der Waals surface area (Å²) in [6.45, 7) is 6.17. The normalized spacial score (nSPS) is 12.5. The lowest BCUT2D eigenvalue weighted by molar-refractivity contribution is -0.140. The number of carbonyl (C=O) groups is 1. The van der Waals surface area contributed by atoms with Crippen LogP contribution in [0.4, 0.5) is 5.82 Å². The number of aromatic nitrogens is 2. The highest BCUT2D eigenvalue weighted by molar-refractivity contribution is 5.70. The van der Waals surface area contributed by atoms with Gasteiger partial charge in [0.05, 0.1) is 5.92 Å². The van der Waals surface area contributed by atoms with Crippen LogP contribution in [0.1, 0.15) is 32.5 Å². The van der Waals surface area contributed by atoms with Gasteiger partial charge in [-0.3, -0.25) is 4.79 Å². The van der Waals surface area contributed by atoms with Gasteiger partial charge in [-0.05, 0) is 6.07 Å². The van der Waals surface area contributed by atoms with E-state index in [4.69, 9.17) is 5.11 Å².